The van der Waals surface area contributed by atoms with Crippen molar-refractivity contribution in [3.8, 4) is 0 Å². The van der Waals surface area contributed by atoms with Crippen LogP contribution in [-0.4, -0.2) is 36.3 Å². The van der Waals surface area contributed by atoms with E-state index in [1.807, 2.05) is 0 Å². The number of hydrogen-bond donors (Lipinski definition) is 2. The van der Waals surface area contributed by atoms with Crippen LogP contribution < -0.4 is 11.1 Å². The summed E-state index contributed by atoms with van der Waals surface area (Å²) in [4.78, 5) is 26.4. The van der Waals surface area contributed by atoms with Crippen molar-refractivity contribution >= 4 is 29.9 Å². The van der Waals surface area contributed by atoms with E-state index >= 15 is 0 Å². The van der Waals surface area contributed by atoms with Crippen molar-refractivity contribution in [2.24, 2.45) is 5.92 Å². The Morgan fingerprint density at radius 1 is 1.39 bits per heavy atom. The fourth-order valence-corrected chi connectivity index (χ4v) is 2.76. The van der Waals surface area contributed by atoms with E-state index in [0.717, 1.165) is 32.2 Å². The van der Waals surface area contributed by atoms with Gasteiger partial charge in [-0.05, 0) is 37.5 Å². The zero-order valence-corrected chi connectivity index (χ0v) is 14.4. The van der Waals surface area contributed by atoms with Gasteiger partial charge in [0.25, 0.3) is 5.91 Å². The molecule has 1 atom stereocenters. The predicted molar refractivity (Wildman–Crippen MR) is 94.6 cm³/mol. The van der Waals surface area contributed by atoms with Crippen LogP contribution in [0.5, 0.6) is 0 Å². The molecule has 0 radical (unpaired) electrons. The summed E-state index contributed by atoms with van der Waals surface area (Å²) in [6, 6.07) is 7.00. The first-order valence-electron chi connectivity index (χ1n) is 8.04. The zero-order chi connectivity index (χ0) is 15.9. The van der Waals surface area contributed by atoms with Crippen LogP contribution in [0.15, 0.2) is 24.3 Å². The van der Waals surface area contributed by atoms with Gasteiger partial charge in [0.1, 0.15) is 0 Å². The van der Waals surface area contributed by atoms with Crippen molar-refractivity contribution in [1.29, 1.82) is 0 Å². The normalized spacial score (nSPS) is 17.3. The van der Waals surface area contributed by atoms with E-state index in [4.69, 9.17) is 5.73 Å². The van der Waals surface area contributed by atoms with Crippen molar-refractivity contribution < 1.29 is 9.59 Å². The van der Waals surface area contributed by atoms with Gasteiger partial charge in [-0.25, -0.2) is 0 Å². The van der Waals surface area contributed by atoms with Gasteiger partial charge >= 0.3 is 0 Å². The molecule has 0 aromatic heterocycles. The van der Waals surface area contributed by atoms with Gasteiger partial charge in [-0.15, -0.1) is 12.4 Å². The summed E-state index contributed by atoms with van der Waals surface area (Å²) in [6.07, 6.45) is 3.76. The molecule has 23 heavy (non-hydrogen) atoms. The highest BCUT2D eigenvalue weighted by molar-refractivity contribution is 5.95. The number of nitrogens with one attached hydrogen (secondary N) is 1. The minimum absolute atomic E-state index is 0. The first-order valence-corrected chi connectivity index (χ1v) is 8.04. The third-order valence-corrected chi connectivity index (χ3v) is 4.04. The van der Waals surface area contributed by atoms with Crippen molar-refractivity contribution in [1.82, 2.24) is 10.2 Å². The van der Waals surface area contributed by atoms with Crippen LogP contribution in [0.1, 0.15) is 43.0 Å². The molecule has 1 unspecified atom stereocenters. The summed E-state index contributed by atoms with van der Waals surface area (Å²) in [7, 11) is 0. The standard InChI is InChI=1S/C17H25N3O2.ClH/c1-2-3-9-19-16(21)14-7-5-10-20(12-14)17(22)13-6-4-8-15(18)11-13;/h4,6,8,11,14H,2-3,5,7,9-10,12,18H2,1H3,(H,19,21);1H. The van der Waals surface area contributed by atoms with Crippen LogP contribution in [0.25, 0.3) is 0 Å². The second-order valence-corrected chi connectivity index (χ2v) is 5.86. The second-order valence-electron chi connectivity index (χ2n) is 5.86. The Hall–Kier alpha value is -1.75. The lowest BCUT2D eigenvalue weighted by Gasteiger charge is -2.32. The van der Waals surface area contributed by atoms with Gasteiger partial charge in [0, 0.05) is 30.9 Å². The van der Waals surface area contributed by atoms with Gasteiger partial charge in [0.2, 0.25) is 5.91 Å². The van der Waals surface area contributed by atoms with Gasteiger partial charge in [-0.1, -0.05) is 19.4 Å². The van der Waals surface area contributed by atoms with E-state index in [2.05, 4.69) is 12.2 Å². The number of hydrogen-bond acceptors (Lipinski definition) is 3. The topological polar surface area (TPSA) is 75.4 Å². The minimum Gasteiger partial charge on any atom is -0.399 e. The monoisotopic (exact) mass is 339 g/mol. The van der Waals surface area contributed by atoms with Gasteiger partial charge in [-0.3, -0.25) is 9.59 Å². The van der Waals surface area contributed by atoms with Crippen LogP contribution in [0, 0.1) is 5.92 Å². The van der Waals surface area contributed by atoms with Crippen LogP contribution in [-0.2, 0) is 4.79 Å². The van der Waals surface area contributed by atoms with Crippen LogP contribution in [0.3, 0.4) is 0 Å². The molecule has 5 nitrogen and oxygen atoms in total. The van der Waals surface area contributed by atoms with Gasteiger partial charge < -0.3 is 16.0 Å². The Morgan fingerprint density at radius 2 is 2.17 bits per heavy atom. The van der Waals surface area contributed by atoms with E-state index < -0.39 is 0 Å². The molecule has 1 aliphatic heterocycles. The number of benzene rings is 1. The van der Waals surface area contributed by atoms with Gasteiger partial charge in [0.15, 0.2) is 0 Å². The molecule has 1 aliphatic rings. The van der Waals surface area contributed by atoms with Crippen molar-refractivity contribution in [3.05, 3.63) is 29.8 Å². The lowest BCUT2D eigenvalue weighted by atomic mass is 9.96. The van der Waals surface area contributed by atoms with E-state index in [1.165, 1.54) is 0 Å². The van der Waals surface area contributed by atoms with E-state index in [-0.39, 0.29) is 30.1 Å². The Morgan fingerprint density at radius 3 is 2.87 bits per heavy atom. The Balaban J connectivity index is 0.00000264. The lowest BCUT2D eigenvalue weighted by molar-refractivity contribution is -0.126. The summed E-state index contributed by atoms with van der Waals surface area (Å²) in [5.41, 5.74) is 6.90. The number of nitrogen functional groups attached to an aromatic ring is 1. The molecule has 128 valence electrons. The van der Waals surface area contributed by atoms with Gasteiger partial charge in [0.05, 0.1) is 5.92 Å². The van der Waals surface area contributed by atoms with Crippen molar-refractivity contribution in [2.75, 3.05) is 25.4 Å². The first-order chi connectivity index (χ1) is 10.6. The number of carbonyl (C=O) groups is 2. The average molecular weight is 340 g/mol. The second kappa shape index (κ2) is 9.40. The van der Waals surface area contributed by atoms with E-state index in [0.29, 0.717) is 24.3 Å². The molecule has 0 aliphatic carbocycles. The highest BCUT2D eigenvalue weighted by Gasteiger charge is 2.28. The summed E-state index contributed by atoms with van der Waals surface area (Å²) in [5.74, 6) is -0.0764. The number of rotatable bonds is 5. The predicted octanol–water partition coefficient (Wildman–Crippen LogP) is 2.46. The van der Waals surface area contributed by atoms with Crippen molar-refractivity contribution in [3.63, 3.8) is 0 Å². The third kappa shape index (κ3) is 5.43. The van der Waals surface area contributed by atoms with Crippen LogP contribution in [0.4, 0.5) is 5.69 Å². The Bertz CT molecular complexity index is 536. The average Bonchev–Trinajstić information content (AvgIpc) is 2.54. The first kappa shape index (κ1) is 19.3. The molecule has 6 heteroatoms. The number of piperidine rings is 1. The number of halogens is 1. The number of amides is 2. The number of nitrogens with zero attached hydrogens (tertiary/aromatic N) is 1. The molecule has 1 heterocycles. The molecule has 1 fully saturated rings. The fraction of sp³-hybridized carbons (Fsp3) is 0.529. The highest BCUT2D eigenvalue weighted by atomic mass is 35.5. The quantitative estimate of drug-likeness (QED) is 0.639. The summed E-state index contributed by atoms with van der Waals surface area (Å²) >= 11 is 0. The molecule has 0 saturated carbocycles. The molecule has 1 saturated heterocycles. The zero-order valence-electron chi connectivity index (χ0n) is 13.6. The molecule has 0 bridgehead atoms. The molecular weight excluding hydrogens is 314 g/mol. The summed E-state index contributed by atoms with van der Waals surface area (Å²) < 4.78 is 0. The molecule has 1 aromatic carbocycles. The molecule has 3 N–H and O–H groups in total. The molecule has 2 rings (SSSR count). The summed E-state index contributed by atoms with van der Waals surface area (Å²) in [6.45, 7) is 4.01. The largest absolute Gasteiger partial charge is 0.399 e. The number of anilines is 1. The maximum absolute atomic E-state index is 12.5. The van der Waals surface area contributed by atoms with E-state index in [1.54, 1.807) is 29.2 Å². The summed E-state index contributed by atoms with van der Waals surface area (Å²) in [5, 5.41) is 2.96. The molecular formula is C17H26ClN3O2. The SMILES string of the molecule is CCCCNC(=O)C1CCCN(C(=O)c2cccc(N)c2)C1.Cl. The molecule has 1 aromatic rings. The van der Waals surface area contributed by atoms with Crippen LogP contribution >= 0.6 is 12.4 Å². The maximum atomic E-state index is 12.5. The van der Waals surface area contributed by atoms with Gasteiger partial charge in [-0.2, -0.15) is 0 Å². The Kier molecular flexibility index (Phi) is 7.89. The molecule has 2 amide bonds. The lowest BCUT2D eigenvalue weighted by Crippen LogP contribution is -2.45. The third-order valence-electron chi connectivity index (χ3n) is 4.04. The number of likely N-dealkylation sites (tertiary alicyclic amines) is 1. The smallest absolute Gasteiger partial charge is 0.253 e. The van der Waals surface area contributed by atoms with Crippen molar-refractivity contribution in [2.45, 2.75) is 32.6 Å². The minimum atomic E-state index is -0.101. The van der Waals surface area contributed by atoms with Crippen LogP contribution in [0.2, 0.25) is 0 Å². The fourth-order valence-electron chi connectivity index (χ4n) is 2.76. The Labute approximate surface area is 144 Å². The number of carbonyl (C=O) groups excluding carboxylic acids is 2. The number of nitrogens with two attached hydrogens (primary N) is 1. The maximum Gasteiger partial charge on any atom is 0.253 e. The number of unbranched alkanes of at least 4 members (excludes halogenated alkanes) is 1. The molecule has 0 spiro atoms. The van der Waals surface area contributed by atoms with E-state index in [9.17, 15) is 9.59 Å². The highest BCUT2D eigenvalue weighted by Crippen LogP contribution is 2.19.